The van der Waals surface area contributed by atoms with Crippen LogP contribution in [0.25, 0.3) is 11.1 Å². The number of ether oxygens (including phenoxy) is 2. The zero-order chi connectivity index (χ0) is 23.0. The number of methoxy groups -OCH3 is 1. The molecule has 0 aliphatic carbocycles. The van der Waals surface area contributed by atoms with Crippen molar-refractivity contribution in [2.45, 2.75) is 31.7 Å². The molecule has 2 saturated heterocycles. The third-order valence-electron chi connectivity index (χ3n) is 6.47. The number of hydrogen-bond acceptors (Lipinski definition) is 6. The van der Waals surface area contributed by atoms with Gasteiger partial charge in [0.1, 0.15) is 5.82 Å². The molecule has 2 aliphatic rings. The van der Waals surface area contributed by atoms with Crippen LogP contribution in [0, 0.1) is 11.8 Å². The summed E-state index contributed by atoms with van der Waals surface area (Å²) in [4.78, 5) is 17.1. The van der Waals surface area contributed by atoms with Crippen LogP contribution in [-0.2, 0) is 14.3 Å². The Hall–Kier alpha value is -2.19. The van der Waals surface area contributed by atoms with Gasteiger partial charge in [-0.25, -0.2) is 4.98 Å². The van der Waals surface area contributed by atoms with E-state index in [9.17, 15) is 4.79 Å². The number of benzene rings is 1. The van der Waals surface area contributed by atoms with Gasteiger partial charge in [0.2, 0.25) is 5.91 Å². The van der Waals surface area contributed by atoms with E-state index in [1.807, 2.05) is 18.2 Å². The molecule has 33 heavy (non-hydrogen) atoms. The molecule has 2 aliphatic heterocycles. The molecule has 1 aromatic carbocycles. The molecule has 1 aromatic heterocycles. The van der Waals surface area contributed by atoms with Crippen LogP contribution in [0.5, 0.6) is 0 Å². The van der Waals surface area contributed by atoms with E-state index < -0.39 is 0 Å². The number of piperidine rings is 1. The van der Waals surface area contributed by atoms with Gasteiger partial charge in [-0.2, -0.15) is 0 Å². The quantitative estimate of drug-likeness (QED) is 0.534. The van der Waals surface area contributed by atoms with Crippen LogP contribution < -0.4 is 16.0 Å². The highest BCUT2D eigenvalue weighted by atomic mass is 35.5. The normalized spacial score (nSPS) is 21.5. The monoisotopic (exact) mass is 472 g/mol. The van der Waals surface area contributed by atoms with E-state index in [-0.39, 0.29) is 11.8 Å². The second kappa shape index (κ2) is 11.8. The molecule has 2 atom stereocenters. The third-order valence-corrected chi connectivity index (χ3v) is 6.77. The number of aromatic nitrogens is 1. The SMILES string of the molecule is COC[C@@H]1CC[C@@H](C(=O)Nc2cc(-c3cccc(NCC4CCOCC4)c3)c(Cl)cn2)CN1. The summed E-state index contributed by atoms with van der Waals surface area (Å²) in [6.07, 6.45) is 5.53. The van der Waals surface area contributed by atoms with Crippen LogP contribution in [-0.4, -0.2) is 57.0 Å². The van der Waals surface area contributed by atoms with Crippen LogP contribution in [0.2, 0.25) is 5.02 Å². The van der Waals surface area contributed by atoms with Gasteiger partial charge in [-0.15, -0.1) is 0 Å². The average Bonchev–Trinajstić information content (AvgIpc) is 2.85. The molecule has 3 heterocycles. The Morgan fingerprint density at radius 1 is 1.24 bits per heavy atom. The van der Waals surface area contributed by atoms with E-state index in [2.05, 4.69) is 33.1 Å². The Balaban J connectivity index is 1.39. The molecular weight excluding hydrogens is 440 g/mol. The molecule has 1 amide bonds. The summed E-state index contributed by atoms with van der Waals surface area (Å²) in [5.41, 5.74) is 2.88. The number of amides is 1. The van der Waals surface area contributed by atoms with Crippen molar-refractivity contribution in [1.82, 2.24) is 10.3 Å². The second-order valence-electron chi connectivity index (χ2n) is 8.89. The van der Waals surface area contributed by atoms with Gasteiger partial charge < -0.3 is 25.4 Å². The molecule has 0 unspecified atom stereocenters. The molecule has 178 valence electrons. The zero-order valence-corrected chi connectivity index (χ0v) is 19.9. The predicted octanol–water partition coefficient (Wildman–Crippen LogP) is 4.19. The van der Waals surface area contributed by atoms with Crippen LogP contribution in [0.1, 0.15) is 25.7 Å². The van der Waals surface area contributed by atoms with Crippen molar-refractivity contribution in [2.24, 2.45) is 11.8 Å². The lowest BCUT2D eigenvalue weighted by Crippen LogP contribution is -2.45. The lowest BCUT2D eigenvalue weighted by Gasteiger charge is -2.28. The fourth-order valence-electron chi connectivity index (χ4n) is 4.45. The predicted molar refractivity (Wildman–Crippen MR) is 132 cm³/mol. The first-order valence-corrected chi connectivity index (χ1v) is 12.1. The molecule has 7 nitrogen and oxygen atoms in total. The van der Waals surface area contributed by atoms with Crippen molar-refractivity contribution >= 4 is 29.0 Å². The number of rotatable bonds is 8. The molecule has 0 spiro atoms. The highest BCUT2D eigenvalue weighted by molar-refractivity contribution is 6.33. The summed E-state index contributed by atoms with van der Waals surface area (Å²) in [5.74, 6) is 1.04. The minimum Gasteiger partial charge on any atom is -0.385 e. The van der Waals surface area contributed by atoms with E-state index in [0.29, 0.717) is 36.0 Å². The maximum Gasteiger partial charge on any atom is 0.229 e. The van der Waals surface area contributed by atoms with Crippen LogP contribution in [0.15, 0.2) is 36.5 Å². The van der Waals surface area contributed by atoms with Crippen molar-refractivity contribution in [1.29, 1.82) is 0 Å². The summed E-state index contributed by atoms with van der Waals surface area (Å²) in [6.45, 7) is 3.93. The van der Waals surface area contributed by atoms with E-state index in [0.717, 1.165) is 62.3 Å². The van der Waals surface area contributed by atoms with Crippen molar-refractivity contribution < 1.29 is 14.3 Å². The Labute approximate surface area is 200 Å². The van der Waals surface area contributed by atoms with Crippen molar-refractivity contribution in [2.75, 3.05) is 50.7 Å². The largest absolute Gasteiger partial charge is 0.385 e. The first-order chi connectivity index (χ1) is 16.1. The van der Waals surface area contributed by atoms with Gasteiger partial charge in [0.15, 0.2) is 0 Å². The molecule has 2 fully saturated rings. The Kier molecular flexibility index (Phi) is 8.56. The first-order valence-electron chi connectivity index (χ1n) is 11.7. The fraction of sp³-hybridized carbons (Fsp3) is 0.520. The van der Waals surface area contributed by atoms with Gasteiger partial charge in [-0.3, -0.25) is 4.79 Å². The fourth-order valence-corrected chi connectivity index (χ4v) is 4.66. The molecule has 0 radical (unpaired) electrons. The summed E-state index contributed by atoms with van der Waals surface area (Å²) in [7, 11) is 1.70. The van der Waals surface area contributed by atoms with E-state index in [1.54, 1.807) is 13.3 Å². The number of nitrogens with one attached hydrogen (secondary N) is 3. The molecule has 2 aromatic rings. The summed E-state index contributed by atoms with van der Waals surface area (Å²) >= 11 is 6.48. The summed E-state index contributed by atoms with van der Waals surface area (Å²) in [6, 6.07) is 10.4. The molecule has 3 N–H and O–H groups in total. The molecular formula is C25H33ClN4O3. The molecule has 0 saturated carbocycles. The number of anilines is 2. The number of pyridine rings is 1. The van der Waals surface area contributed by atoms with Crippen molar-refractivity contribution in [3.63, 3.8) is 0 Å². The number of nitrogens with zero attached hydrogens (tertiary/aromatic N) is 1. The smallest absolute Gasteiger partial charge is 0.229 e. The van der Waals surface area contributed by atoms with Gasteiger partial charge in [-0.1, -0.05) is 23.7 Å². The van der Waals surface area contributed by atoms with E-state index in [4.69, 9.17) is 21.1 Å². The number of carbonyl (C=O) groups excluding carboxylic acids is 1. The number of halogens is 1. The Morgan fingerprint density at radius 2 is 2.09 bits per heavy atom. The average molecular weight is 473 g/mol. The third kappa shape index (κ3) is 6.67. The van der Waals surface area contributed by atoms with E-state index in [1.165, 1.54) is 0 Å². The van der Waals surface area contributed by atoms with E-state index >= 15 is 0 Å². The van der Waals surface area contributed by atoms with Gasteiger partial charge in [0.05, 0.1) is 17.5 Å². The minimum atomic E-state index is -0.0863. The van der Waals surface area contributed by atoms with Crippen molar-refractivity contribution in [3.8, 4) is 11.1 Å². The van der Waals surface area contributed by atoms with Gasteiger partial charge in [0, 0.05) is 56.9 Å². The number of hydrogen-bond donors (Lipinski definition) is 3. The lowest BCUT2D eigenvalue weighted by molar-refractivity contribution is -0.120. The molecule has 8 heteroatoms. The maximum absolute atomic E-state index is 12.8. The van der Waals surface area contributed by atoms with Crippen molar-refractivity contribution in [3.05, 3.63) is 41.6 Å². The molecule has 4 rings (SSSR count). The number of carbonyl (C=O) groups is 1. The highest BCUT2D eigenvalue weighted by Gasteiger charge is 2.26. The zero-order valence-electron chi connectivity index (χ0n) is 19.1. The van der Waals surface area contributed by atoms with Gasteiger partial charge >= 0.3 is 0 Å². The summed E-state index contributed by atoms with van der Waals surface area (Å²) in [5, 5.41) is 10.5. The summed E-state index contributed by atoms with van der Waals surface area (Å²) < 4.78 is 10.6. The lowest BCUT2D eigenvalue weighted by atomic mass is 9.94. The minimum absolute atomic E-state index is 0.0222. The molecule has 0 bridgehead atoms. The van der Waals surface area contributed by atoms with Gasteiger partial charge in [-0.05, 0) is 55.4 Å². The topological polar surface area (TPSA) is 84.5 Å². The Morgan fingerprint density at radius 3 is 2.85 bits per heavy atom. The second-order valence-corrected chi connectivity index (χ2v) is 9.30. The van der Waals surface area contributed by atoms with Crippen LogP contribution >= 0.6 is 11.6 Å². The Bertz CT molecular complexity index is 928. The van der Waals surface area contributed by atoms with Crippen LogP contribution in [0.4, 0.5) is 11.5 Å². The first kappa shape index (κ1) is 24.0. The van der Waals surface area contributed by atoms with Crippen LogP contribution in [0.3, 0.4) is 0 Å². The maximum atomic E-state index is 12.8. The highest BCUT2D eigenvalue weighted by Crippen LogP contribution is 2.31. The van der Waals surface area contributed by atoms with Gasteiger partial charge in [0.25, 0.3) is 0 Å². The standard InChI is InChI=1S/C25H33ClN4O3/c1-32-16-21-6-5-19(14-28-21)25(31)30-24-12-22(23(26)15-29-24)18-3-2-4-20(11-18)27-13-17-7-9-33-10-8-17/h2-4,11-12,15,17,19,21,27-28H,5-10,13-14,16H2,1H3,(H,29,30,31)/t19-,21+/m1/s1.